The van der Waals surface area contributed by atoms with Crippen molar-refractivity contribution >= 4 is 5.91 Å². The Morgan fingerprint density at radius 3 is 2.42 bits per heavy atom. The Kier molecular flexibility index (Phi) is 5.28. The van der Waals surface area contributed by atoms with Crippen molar-refractivity contribution in [2.75, 3.05) is 33.2 Å². The predicted octanol–water partition coefficient (Wildman–Crippen LogP) is 2.60. The first-order valence-corrected chi connectivity index (χ1v) is 8.41. The Bertz CT molecular complexity index is 661. The number of aryl methyl sites for hydroxylation is 1. The second kappa shape index (κ2) is 7.60. The number of hydrogen-bond acceptors (Lipinski definition) is 3. The summed E-state index contributed by atoms with van der Waals surface area (Å²) < 4.78 is 0. The zero-order chi connectivity index (χ0) is 16.9. The van der Waals surface area contributed by atoms with Crippen LogP contribution in [0.15, 0.2) is 48.5 Å². The standard InChI is InChI=1S/C20H24N3O/c1-17-8-10-19(11-9-17)20(24)23(16-18-6-4-3-5-7-18)22-14-12-21(2)13-15-22/h3-10H,12-16H2,1-2H3. The van der Waals surface area contributed by atoms with Crippen molar-refractivity contribution < 1.29 is 4.79 Å². The fourth-order valence-electron chi connectivity index (χ4n) is 2.87. The predicted molar refractivity (Wildman–Crippen MR) is 95.4 cm³/mol. The highest BCUT2D eigenvalue weighted by atomic mass is 16.2. The topological polar surface area (TPSA) is 26.8 Å². The van der Waals surface area contributed by atoms with Gasteiger partial charge in [-0.05, 0) is 31.7 Å². The number of nitrogens with zero attached hydrogens (tertiary/aromatic N) is 3. The van der Waals surface area contributed by atoms with Gasteiger partial charge < -0.3 is 4.90 Å². The van der Waals surface area contributed by atoms with Crippen LogP contribution in [0.5, 0.6) is 0 Å². The van der Waals surface area contributed by atoms with E-state index in [1.807, 2.05) is 48.3 Å². The van der Waals surface area contributed by atoms with E-state index in [9.17, 15) is 4.79 Å². The molecule has 3 rings (SSSR count). The maximum atomic E-state index is 13.1. The second-order valence-electron chi connectivity index (χ2n) is 6.39. The van der Waals surface area contributed by atoms with Gasteiger partial charge in [0, 0.05) is 31.7 Å². The minimum atomic E-state index is 0.0170. The summed E-state index contributed by atoms with van der Waals surface area (Å²) >= 11 is 0. The van der Waals surface area contributed by atoms with E-state index >= 15 is 0 Å². The van der Waals surface area contributed by atoms with Crippen LogP contribution in [0.4, 0.5) is 0 Å². The first-order valence-electron chi connectivity index (χ1n) is 8.41. The number of hydrogen-bond donors (Lipinski definition) is 0. The van der Waals surface area contributed by atoms with Gasteiger partial charge in [-0.3, -0.25) is 9.80 Å². The van der Waals surface area contributed by atoms with Gasteiger partial charge in [0.2, 0.25) is 0 Å². The largest absolute Gasteiger partial charge is 0.304 e. The van der Waals surface area contributed by atoms with Gasteiger partial charge in [0.25, 0.3) is 5.91 Å². The van der Waals surface area contributed by atoms with E-state index in [0.717, 1.165) is 37.3 Å². The fraction of sp³-hybridized carbons (Fsp3) is 0.350. The molecule has 2 aromatic carbocycles. The van der Waals surface area contributed by atoms with Crippen molar-refractivity contribution in [3.63, 3.8) is 0 Å². The highest BCUT2D eigenvalue weighted by Crippen LogP contribution is 2.15. The van der Waals surface area contributed by atoms with Gasteiger partial charge in [-0.15, -0.1) is 0 Å². The summed E-state index contributed by atoms with van der Waals surface area (Å²) in [5.74, 6) is 0.0170. The van der Waals surface area contributed by atoms with E-state index in [4.69, 9.17) is 0 Å². The van der Waals surface area contributed by atoms with Crippen LogP contribution in [-0.2, 0) is 6.54 Å². The average molecular weight is 322 g/mol. The molecule has 2 aromatic rings. The first-order chi connectivity index (χ1) is 11.6. The maximum absolute atomic E-state index is 13.1. The summed E-state index contributed by atoms with van der Waals surface area (Å²) in [4.78, 5) is 15.4. The number of amides is 1. The van der Waals surface area contributed by atoms with Crippen LogP contribution in [0, 0.1) is 13.0 Å². The molecule has 1 heterocycles. The Labute approximate surface area is 144 Å². The van der Waals surface area contributed by atoms with Gasteiger partial charge in [-0.25, -0.2) is 5.01 Å². The minimum Gasteiger partial charge on any atom is -0.304 e. The monoisotopic (exact) mass is 322 g/mol. The highest BCUT2D eigenvalue weighted by Gasteiger charge is 2.25. The van der Waals surface area contributed by atoms with Gasteiger partial charge >= 0.3 is 0 Å². The number of likely N-dealkylation sites (N-methyl/N-ethyl adjacent to an activating group) is 1. The lowest BCUT2D eigenvalue weighted by molar-refractivity contribution is -0.0389. The van der Waals surface area contributed by atoms with E-state index in [1.54, 1.807) is 0 Å². The summed E-state index contributed by atoms with van der Waals surface area (Å²) in [5, 5.41) is 4.05. The van der Waals surface area contributed by atoms with Gasteiger partial charge in [-0.2, -0.15) is 0 Å². The van der Waals surface area contributed by atoms with Crippen molar-refractivity contribution in [2.24, 2.45) is 0 Å². The molecular weight excluding hydrogens is 298 g/mol. The van der Waals surface area contributed by atoms with Crippen LogP contribution in [0.2, 0.25) is 0 Å². The molecule has 4 heteroatoms. The lowest BCUT2D eigenvalue weighted by Gasteiger charge is -2.40. The second-order valence-corrected chi connectivity index (χ2v) is 6.39. The first kappa shape index (κ1) is 16.7. The normalized spacial score (nSPS) is 16.1. The summed E-state index contributed by atoms with van der Waals surface area (Å²) in [5.41, 5.74) is 2.87. The molecule has 24 heavy (non-hydrogen) atoms. The van der Waals surface area contributed by atoms with Crippen molar-refractivity contribution in [3.05, 3.63) is 71.3 Å². The van der Waals surface area contributed by atoms with E-state index in [-0.39, 0.29) is 5.91 Å². The molecule has 0 spiro atoms. The number of carbonyl (C=O) groups is 1. The summed E-state index contributed by atoms with van der Waals surface area (Å²) in [6.07, 6.45) is 0. The Balaban J connectivity index is 1.83. The molecular formula is C20H24N3O. The Morgan fingerprint density at radius 2 is 1.79 bits per heavy atom. The molecule has 1 aliphatic heterocycles. The van der Waals surface area contributed by atoms with E-state index in [0.29, 0.717) is 12.1 Å². The highest BCUT2D eigenvalue weighted by molar-refractivity contribution is 5.93. The average Bonchev–Trinajstić information content (AvgIpc) is 2.62. The SMILES string of the molecule is Cc1c[c]c(C(=O)N(Cc2ccccc2)N2CCN(C)CC2)cc1. The summed E-state index contributed by atoms with van der Waals surface area (Å²) in [6, 6.07) is 19.0. The molecule has 125 valence electrons. The molecule has 0 saturated carbocycles. The zero-order valence-electron chi connectivity index (χ0n) is 14.4. The van der Waals surface area contributed by atoms with Crippen LogP contribution in [0.25, 0.3) is 0 Å². The number of rotatable bonds is 4. The van der Waals surface area contributed by atoms with Crippen LogP contribution in [0.3, 0.4) is 0 Å². The summed E-state index contributed by atoms with van der Waals surface area (Å²) in [7, 11) is 2.12. The molecule has 0 unspecified atom stereocenters. The number of piperazine rings is 1. The zero-order valence-corrected chi connectivity index (χ0v) is 14.4. The molecule has 1 aliphatic rings. The van der Waals surface area contributed by atoms with Crippen molar-refractivity contribution in [3.8, 4) is 0 Å². The van der Waals surface area contributed by atoms with Crippen LogP contribution in [-0.4, -0.2) is 54.1 Å². The maximum Gasteiger partial charge on any atom is 0.269 e. The van der Waals surface area contributed by atoms with E-state index in [1.165, 1.54) is 0 Å². The molecule has 0 atom stereocenters. The van der Waals surface area contributed by atoms with E-state index < -0.39 is 0 Å². The number of carbonyl (C=O) groups excluding carboxylic acids is 1. The molecule has 1 radical (unpaired) electrons. The van der Waals surface area contributed by atoms with Crippen LogP contribution >= 0.6 is 0 Å². The Morgan fingerprint density at radius 1 is 1.08 bits per heavy atom. The van der Waals surface area contributed by atoms with Gasteiger partial charge in [0.15, 0.2) is 0 Å². The summed E-state index contributed by atoms with van der Waals surface area (Å²) in [6.45, 7) is 6.26. The third kappa shape index (κ3) is 4.02. The van der Waals surface area contributed by atoms with Crippen LogP contribution < -0.4 is 0 Å². The Hall–Kier alpha value is -2.17. The van der Waals surface area contributed by atoms with E-state index in [2.05, 4.69) is 35.2 Å². The quantitative estimate of drug-likeness (QED) is 0.866. The molecule has 1 saturated heterocycles. The lowest BCUT2D eigenvalue weighted by atomic mass is 10.1. The molecule has 0 aromatic heterocycles. The fourth-order valence-corrected chi connectivity index (χ4v) is 2.87. The minimum absolute atomic E-state index is 0.0170. The lowest BCUT2D eigenvalue weighted by Crippen LogP contribution is -2.54. The number of benzene rings is 2. The molecule has 4 nitrogen and oxygen atoms in total. The smallest absolute Gasteiger partial charge is 0.269 e. The van der Waals surface area contributed by atoms with Gasteiger partial charge in [0.1, 0.15) is 0 Å². The van der Waals surface area contributed by atoms with Crippen molar-refractivity contribution in [1.29, 1.82) is 0 Å². The van der Waals surface area contributed by atoms with Gasteiger partial charge in [0.05, 0.1) is 6.54 Å². The molecule has 1 amide bonds. The molecule has 0 N–H and O–H groups in total. The van der Waals surface area contributed by atoms with Crippen molar-refractivity contribution in [1.82, 2.24) is 14.9 Å². The van der Waals surface area contributed by atoms with Gasteiger partial charge in [-0.1, -0.05) is 48.0 Å². The number of hydrazine groups is 1. The molecule has 0 aliphatic carbocycles. The third-order valence-corrected chi connectivity index (χ3v) is 4.43. The van der Waals surface area contributed by atoms with Crippen molar-refractivity contribution in [2.45, 2.75) is 13.5 Å². The molecule has 1 fully saturated rings. The van der Waals surface area contributed by atoms with Crippen LogP contribution in [0.1, 0.15) is 21.5 Å². The third-order valence-electron chi connectivity index (χ3n) is 4.43. The molecule has 0 bridgehead atoms.